The Balaban J connectivity index is 1.43. The number of carbonyl (C=O) groups excluding carboxylic acids is 1. The molecule has 2 fully saturated rings. The lowest BCUT2D eigenvalue weighted by Gasteiger charge is -2.35. The standard InChI is InChI=1S/C19H21FN2O4/c20-14-2-1-3-15-13(14)10-16(21-15)18(23)22-7-4-11(5-8-22)17-12(19(24)25)6-9-26-17/h1-3,10-12,17,21H,4-9H2,(H,24,25)/t12?,17-/m0/s1. The monoisotopic (exact) mass is 360 g/mol. The number of halogens is 1. The second-order valence-electron chi connectivity index (χ2n) is 7.08. The summed E-state index contributed by atoms with van der Waals surface area (Å²) < 4.78 is 19.5. The number of aliphatic carboxylic acids is 1. The van der Waals surface area contributed by atoms with Crippen molar-refractivity contribution in [1.82, 2.24) is 9.88 Å². The first-order chi connectivity index (χ1) is 12.5. The first-order valence-corrected chi connectivity index (χ1v) is 8.95. The van der Waals surface area contributed by atoms with Gasteiger partial charge in [0.15, 0.2) is 0 Å². The maximum absolute atomic E-state index is 13.8. The Morgan fingerprint density at radius 2 is 2.00 bits per heavy atom. The molecule has 0 radical (unpaired) electrons. The summed E-state index contributed by atoms with van der Waals surface area (Å²) in [6, 6.07) is 6.27. The number of aromatic nitrogens is 1. The van der Waals surface area contributed by atoms with Crippen molar-refractivity contribution >= 4 is 22.8 Å². The van der Waals surface area contributed by atoms with Gasteiger partial charge in [-0.3, -0.25) is 9.59 Å². The molecule has 1 aromatic heterocycles. The Bertz CT molecular complexity index is 841. The summed E-state index contributed by atoms with van der Waals surface area (Å²) in [5, 5.41) is 9.73. The highest BCUT2D eigenvalue weighted by molar-refractivity contribution is 5.98. The fourth-order valence-electron chi connectivity index (χ4n) is 4.17. The number of fused-ring (bicyclic) bond motifs is 1. The Morgan fingerprint density at radius 3 is 2.69 bits per heavy atom. The number of carboxylic acid groups (broad SMARTS) is 1. The Hall–Kier alpha value is -2.41. The average molecular weight is 360 g/mol. The molecule has 7 heteroatoms. The van der Waals surface area contributed by atoms with Crippen LogP contribution in [-0.4, -0.2) is 52.7 Å². The minimum absolute atomic E-state index is 0.152. The van der Waals surface area contributed by atoms with E-state index in [2.05, 4.69) is 4.98 Å². The summed E-state index contributed by atoms with van der Waals surface area (Å²) >= 11 is 0. The molecule has 0 spiro atoms. The maximum atomic E-state index is 13.8. The predicted octanol–water partition coefficient (Wildman–Crippen LogP) is 2.65. The van der Waals surface area contributed by atoms with Crippen LogP contribution in [0.4, 0.5) is 4.39 Å². The molecule has 138 valence electrons. The number of carbonyl (C=O) groups is 2. The van der Waals surface area contributed by atoms with Gasteiger partial charge in [0.25, 0.3) is 5.91 Å². The van der Waals surface area contributed by atoms with Crippen LogP contribution in [0.5, 0.6) is 0 Å². The third-order valence-corrected chi connectivity index (χ3v) is 5.59. The highest BCUT2D eigenvalue weighted by atomic mass is 19.1. The molecule has 1 aromatic carbocycles. The normalized spacial score (nSPS) is 24.3. The summed E-state index contributed by atoms with van der Waals surface area (Å²) in [7, 11) is 0. The molecule has 1 unspecified atom stereocenters. The fraction of sp³-hybridized carbons (Fsp3) is 0.474. The van der Waals surface area contributed by atoms with E-state index in [0.717, 1.165) is 12.8 Å². The van der Waals surface area contributed by atoms with Gasteiger partial charge in [-0.15, -0.1) is 0 Å². The van der Waals surface area contributed by atoms with E-state index < -0.39 is 11.9 Å². The Kier molecular flexibility index (Phi) is 4.40. The number of aromatic amines is 1. The first-order valence-electron chi connectivity index (χ1n) is 8.95. The van der Waals surface area contributed by atoms with Crippen LogP contribution in [0.15, 0.2) is 24.3 Å². The van der Waals surface area contributed by atoms with Crippen molar-refractivity contribution in [2.45, 2.75) is 25.4 Å². The van der Waals surface area contributed by atoms with Crippen LogP contribution < -0.4 is 0 Å². The molecule has 2 aliphatic rings. The summed E-state index contributed by atoms with van der Waals surface area (Å²) in [6.45, 7) is 1.59. The van der Waals surface area contributed by atoms with E-state index in [1.54, 1.807) is 23.1 Å². The molecule has 0 aliphatic carbocycles. The number of amides is 1. The maximum Gasteiger partial charge on any atom is 0.309 e. The van der Waals surface area contributed by atoms with Crippen molar-refractivity contribution in [2.24, 2.45) is 11.8 Å². The van der Waals surface area contributed by atoms with Crippen LogP contribution in [0.3, 0.4) is 0 Å². The van der Waals surface area contributed by atoms with Crippen LogP contribution in [0, 0.1) is 17.7 Å². The summed E-state index contributed by atoms with van der Waals surface area (Å²) in [4.78, 5) is 28.8. The van der Waals surface area contributed by atoms with Crippen molar-refractivity contribution in [3.8, 4) is 0 Å². The van der Waals surface area contributed by atoms with E-state index in [-0.39, 0.29) is 23.7 Å². The van der Waals surface area contributed by atoms with E-state index in [0.29, 0.717) is 42.7 Å². The molecule has 2 aromatic rings. The number of likely N-dealkylation sites (tertiary alicyclic amines) is 1. The number of nitrogens with zero attached hydrogens (tertiary/aromatic N) is 1. The number of nitrogens with one attached hydrogen (secondary N) is 1. The molecule has 6 nitrogen and oxygen atoms in total. The molecule has 0 saturated carbocycles. The van der Waals surface area contributed by atoms with E-state index in [1.165, 1.54) is 6.07 Å². The minimum Gasteiger partial charge on any atom is -0.481 e. The van der Waals surface area contributed by atoms with Gasteiger partial charge in [-0.25, -0.2) is 4.39 Å². The number of piperidine rings is 1. The van der Waals surface area contributed by atoms with Gasteiger partial charge in [0, 0.05) is 30.6 Å². The molecule has 2 aliphatic heterocycles. The molecular formula is C19H21FN2O4. The van der Waals surface area contributed by atoms with Gasteiger partial charge >= 0.3 is 5.97 Å². The zero-order valence-corrected chi connectivity index (χ0v) is 14.3. The van der Waals surface area contributed by atoms with Crippen molar-refractivity contribution < 1.29 is 23.8 Å². The quantitative estimate of drug-likeness (QED) is 0.882. The summed E-state index contributed by atoms with van der Waals surface area (Å²) in [6.07, 6.45) is 1.73. The van der Waals surface area contributed by atoms with Gasteiger partial charge in [0.2, 0.25) is 0 Å². The third-order valence-electron chi connectivity index (χ3n) is 5.59. The lowest BCUT2D eigenvalue weighted by atomic mass is 9.84. The van der Waals surface area contributed by atoms with Crippen molar-refractivity contribution in [1.29, 1.82) is 0 Å². The molecular weight excluding hydrogens is 339 g/mol. The van der Waals surface area contributed by atoms with Crippen LogP contribution >= 0.6 is 0 Å². The van der Waals surface area contributed by atoms with Gasteiger partial charge in [0.1, 0.15) is 11.5 Å². The zero-order valence-electron chi connectivity index (χ0n) is 14.3. The SMILES string of the molecule is O=C(O)C1CCO[C@H]1C1CCN(C(=O)c2cc3c(F)cccc3[nH]2)CC1. The number of hydrogen-bond acceptors (Lipinski definition) is 3. The van der Waals surface area contributed by atoms with Crippen LogP contribution in [0.2, 0.25) is 0 Å². The van der Waals surface area contributed by atoms with Gasteiger partial charge in [-0.05, 0) is 43.4 Å². The highest BCUT2D eigenvalue weighted by Crippen LogP contribution is 2.33. The summed E-state index contributed by atoms with van der Waals surface area (Å²) in [5.74, 6) is -1.59. The lowest BCUT2D eigenvalue weighted by molar-refractivity contribution is -0.145. The van der Waals surface area contributed by atoms with E-state index in [1.807, 2.05) is 0 Å². The van der Waals surface area contributed by atoms with E-state index in [4.69, 9.17) is 4.74 Å². The molecule has 2 N–H and O–H groups in total. The molecule has 1 amide bonds. The minimum atomic E-state index is -0.800. The van der Waals surface area contributed by atoms with Crippen molar-refractivity contribution in [3.05, 3.63) is 35.8 Å². The van der Waals surface area contributed by atoms with Crippen molar-refractivity contribution in [2.75, 3.05) is 19.7 Å². The fourth-order valence-corrected chi connectivity index (χ4v) is 4.17. The third kappa shape index (κ3) is 2.96. The number of hydrogen-bond donors (Lipinski definition) is 2. The van der Waals surface area contributed by atoms with Crippen LogP contribution in [0.1, 0.15) is 29.8 Å². The Morgan fingerprint density at radius 1 is 1.23 bits per heavy atom. The largest absolute Gasteiger partial charge is 0.481 e. The second-order valence-corrected chi connectivity index (χ2v) is 7.08. The van der Waals surface area contributed by atoms with Gasteiger partial charge in [-0.2, -0.15) is 0 Å². The predicted molar refractivity (Wildman–Crippen MR) is 92.4 cm³/mol. The average Bonchev–Trinajstić information content (AvgIpc) is 3.29. The highest BCUT2D eigenvalue weighted by Gasteiger charge is 2.40. The molecule has 2 saturated heterocycles. The number of carboxylic acids is 1. The summed E-state index contributed by atoms with van der Waals surface area (Å²) in [5.41, 5.74) is 0.982. The molecule has 3 heterocycles. The molecule has 0 bridgehead atoms. The van der Waals surface area contributed by atoms with Gasteiger partial charge in [0.05, 0.1) is 12.0 Å². The number of H-pyrrole nitrogens is 1. The molecule has 26 heavy (non-hydrogen) atoms. The van der Waals surface area contributed by atoms with Crippen LogP contribution in [-0.2, 0) is 9.53 Å². The molecule has 2 atom stereocenters. The first kappa shape index (κ1) is 17.0. The zero-order chi connectivity index (χ0) is 18.3. The molecule has 4 rings (SSSR count). The van der Waals surface area contributed by atoms with Gasteiger partial charge in [-0.1, -0.05) is 6.07 Å². The second kappa shape index (κ2) is 6.72. The number of ether oxygens (including phenoxy) is 1. The number of benzene rings is 1. The Labute approximate surface area is 149 Å². The van der Waals surface area contributed by atoms with Crippen LogP contribution in [0.25, 0.3) is 10.9 Å². The van der Waals surface area contributed by atoms with E-state index in [9.17, 15) is 19.1 Å². The lowest BCUT2D eigenvalue weighted by Crippen LogP contribution is -2.43. The number of rotatable bonds is 3. The smallest absolute Gasteiger partial charge is 0.309 e. The topological polar surface area (TPSA) is 82.6 Å². The van der Waals surface area contributed by atoms with Crippen molar-refractivity contribution in [3.63, 3.8) is 0 Å². The van der Waals surface area contributed by atoms with Gasteiger partial charge < -0.3 is 19.7 Å². The van der Waals surface area contributed by atoms with E-state index >= 15 is 0 Å².